The molecule has 1 N–H and O–H groups in total. The number of carbonyl (C=O) groups is 1. The molecule has 0 spiro atoms. The Morgan fingerprint density at radius 3 is 2.82 bits per heavy atom. The largest absolute Gasteiger partial charge is 0.490 e. The Morgan fingerprint density at radius 2 is 2.11 bits per heavy atom. The van der Waals surface area contributed by atoms with Gasteiger partial charge in [0, 0.05) is 17.9 Å². The van der Waals surface area contributed by atoms with Gasteiger partial charge in [0.2, 0.25) is 5.13 Å². The third-order valence-electron chi connectivity index (χ3n) is 3.53. The first-order valence-corrected chi connectivity index (χ1v) is 9.77. The lowest BCUT2D eigenvalue weighted by Crippen LogP contribution is -2.05. The molecule has 28 heavy (non-hydrogen) atoms. The molecular formula is C20H18ClN3O3S. The molecule has 0 atom stereocenters. The monoisotopic (exact) mass is 415 g/mol. The van der Waals surface area contributed by atoms with Crippen molar-refractivity contribution in [3.63, 3.8) is 0 Å². The Balaban J connectivity index is 1.74. The highest BCUT2D eigenvalue weighted by atomic mass is 35.5. The molecule has 1 aromatic heterocycles. The Labute approximate surface area is 171 Å². The number of anilines is 1. The fourth-order valence-corrected chi connectivity index (χ4v) is 3.32. The molecule has 8 heteroatoms. The van der Waals surface area contributed by atoms with E-state index in [0.717, 1.165) is 11.3 Å². The molecule has 0 aliphatic carbocycles. The van der Waals surface area contributed by atoms with Crippen molar-refractivity contribution in [1.82, 2.24) is 4.98 Å². The smallest absolute Gasteiger partial charge is 0.308 e. The maximum Gasteiger partial charge on any atom is 0.308 e. The van der Waals surface area contributed by atoms with Crippen LogP contribution in [0.5, 0.6) is 11.5 Å². The number of hydrogen-bond acceptors (Lipinski definition) is 7. The number of hydrazone groups is 1. The molecule has 6 nitrogen and oxygen atoms in total. The van der Waals surface area contributed by atoms with Gasteiger partial charge in [-0.2, -0.15) is 5.10 Å². The maximum absolute atomic E-state index is 11.3. The summed E-state index contributed by atoms with van der Waals surface area (Å²) in [6.45, 7) is 3.55. The van der Waals surface area contributed by atoms with Crippen molar-refractivity contribution in [3.8, 4) is 22.8 Å². The van der Waals surface area contributed by atoms with E-state index in [0.29, 0.717) is 23.1 Å². The lowest BCUT2D eigenvalue weighted by molar-refractivity contribution is -0.132. The van der Waals surface area contributed by atoms with E-state index in [4.69, 9.17) is 21.1 Å². The lowest BCUT2D eigenvalue weighted by atomic mass is 10.2. The lowest BCUT2D eigenvalue weighted by Gasteiger charge is -2.12. The zero-order valence-electron chi connectivity index (χ0n) is 15.3. The van der Waals surface area contributed by atoms with E-state index in [2.05, 4.69) is 15.5 Å². The van der Waals surface area contributed by atoms with Gasteiger partial charge in [-0.05, 0) is 24.6 Å². The molecule has 0 aliphatic rings. The van der Waals surface area contributed by atoms with Crippen LogP contribution in [0.1, 0.15) is 19.4 Å². The second kappa shape index (κ2) is 9.34. The quantitative estimate of drug-likeness (QED) is 0.247. The summed E-state index contributed by atoms with van der Waals surface area (Å²) >= 11 is 7.69. The average Bonchev–Trinajstić information content (AvgIpc) is 3.14. The zero-order valence-corrected chi connectivity index (χ0v) is 16.9. The number of halogens is 1. The van der Waals surface area contributed by atoms with E-state index in [-0.39, 0.29) is 10.8 Å². The number of aromatic nitrogens is 1. The van der Waals surface area contributed by atoms with Crippen molar-refractivity contribution >= 4 is 40.3 Å². The highest BCUT2D eigenvalue weighted by molar-refractivity contribution is 7.14. The molecule has 0 fully saturated rings. The minimum Gasteiger partial charge on any atom is -0.490 e. The normalized spacial score (nSPS) is 10.8. The molecule has 3 rings (SSSR count). The van der Waals surface area contributed by atoms with Crippen LogP contribution in [0.25, 0.3) is 11.3 Å². The van der Waals surface area contributed by atoms with Gasteiger partial charge in [0.25, 0.3) is 0 Å². The first-order chi connectivity index (χ1) is 13.6. The van der Waals surface area contributed by atoms with E-state index in [1.807, 2.05) is 42.6 Å². The van der Waals surface area contributed by atoms with Crippen molar-refractivity contribution < 1.29 is 14.3 Å². The summed E-state index contributed by atoms with van der Waals surface area (Å²) < 4.78 is 10.7. The van der Waals surface area contributed by atoms with Gasteiger partial charge in [-0.15, -0.1) is 11.3 Å². The molecule has 0 radical (unpaired) electrons. The third-order valence-corrected chi connectivity index (χ3v) is 4.55. The number of nitrogens with zero attached hydrogens (tertiary/aromatic N) is 2. The van der Waals surface area contributed by atoms with Crippen LogP contribution in [-0.2, 0) is 4.79 Å². The van der Waals surface area contributed by atoms with Gasteiger partial charge in [0.1, 0.15) is 0 Å². The number of thiazole rings is 1. The van der Waals surface area contributed by atoms with Crippen molar-refractivity contribution in [3.05, 3.63) is 58.4 Å². The second-order valence-electron chi connectivity index (χ2n) is 5.63. The molecule has 0 unspecified atom stereocenters. The fraction of sp³-hybridized carbons (Fsp3) is 0.150. The Bertz CT molecular complexity index is 990. The van der Waals surface area contributed by atoms with Crippen LogP contribution >= 0.6 is 22.9 Å². The van der Waals surface area contributed by atoms with Crippen LogP contribution < -0.4 is 14.9 Å². The van der Waals surface area contributed by atoms with Crippen molar-refractivity contribution in [2.75, 3.05) is 12.0 Å². The Morgan fingerprint density at radius 1 is 1.32 bits per heavy atom. The number of rotatable bonds is 7. The minimum atomic E-state index is -0.469. The predicted molar refractivity (Wildman–Crippen MR) is 113 cm³/mol. The van der Waals surface area contributed by atoms with Gasteiger partial charge in [0.05, 0.1) is 23.5 Å². The SMILES string of the molecule is CCOc1cc(C=NNc2nc(-c3ccccc3)cs2)cc(Cl)c1OC(C)=O. The maximum atomic E-state index is 11.3. The Hall–Kier alpha value is -2.90. The fourth-order valence-electron chi connectivity index (χ4n) is 2.40. The summed E-state index contributed by atoms with van der Waals surface area (Å²) in [5.41, 5.74) is 5.53. The number of benzene rings is 2. The van der Waals surface area contributed by atoms with E-state index >= 15 is 0 Å². The van der Waals surface area contributed by atoms with Crippen LogP contribution in [0.3, 0.4) is 0 Å². The summed E-state index contributed by atoms with van der Waals surface area (Å²) in [6, 6.07) is 13.3. The van der Waals surface area contributed by atoms with E-state index < -0.39 is 5.97 Å². The molecule has 0 bridgehead atoms. The average molecular weight is 416 g/mol. The number of nitrogens with one attached hydrogen (secondary N) is 1. The van der Waals surface area contributed by atoms with E-state index in [9.17, 15) is 4.79 Å². The minimum absolute atomic E-state index is 0.202. The van der Waals surface area contributed by atoms with Gasteiger partial charge in [-0.25, -0.2) is 4.98 Å². The van der Waals surface area contributed by atoms with Gasteiger partial charge >= 0.3 is 5.97 Å². The number of hydrogen-bond donors (Lipinski definition) is 1. The third kappa shape index (κ3) is 5.09. The van der Waals surface area contributed by atoms with E-state index in [1.165, 1.54) is 18.3 Å². The topological polar surface area (TPSA) is 72.8 Å². The van der Waals surface area contributed by atoms with Crippen molar-refractivity contribution in [1.29, 1.82) is 0 Å². The van der Waals surface area contributed by atoms with Crippen molar-refractivity contribution in [2.24, 2.45) is 5.10 Å². The molecule has 2 aromatic carbocycles. The summed E-state index contributed by atoms with van der Waals surface area (Å²) in [6.07, 6.45) is 1.59. The molecule has 0 aliphatic heterocycles. The summed E-state index contributed by atoms with van der Waals surface area (Å²) in [5, 5.41) is 7.10. The highest BCUT2D eigenvalue weighted by Crippen LogP contribution is 2.36. The highest BCUT2D eigenvalue weighted by Gasteiger charge is 2.14. The molecular weight excluding hydrogens is 398 g/mol. The predicted octanol–water partition coefficient (Wildman–Crippen LogP) is 5.23. The Kier molecular flexibility index (Phi) is 6.62. The first-order valence-electron chi connectivity index (χ1n) is 8.51. The van der Waals surface area contributed by atoms with Crippen LogP contribution in [0.4, 0.5) is 5.13 Å². The number of carbonyl (C=O) groups excluding carboxylic acids is 1. The first kappa shape index (κ1) is 19.9. The standard InChI is InChI=1S/C20H18ClN3O3S/c1-3-26-18-10-14(9-16(21)19(18)27-13(2)25)11-22-24-20-23-17(12-28-20)15-7-5-4-6-8-15/h4-12H,3H2,1-2H3,(H,23,24). The number of ether oxygens (including phenoxy) is 2. The van der Waals surface area contributed by atoms with Gasteiger partial charge < -0.3 is 9.47 Å². The van der Waals surface area contributed by atoms with Gasteiger partial charge in [0.15, 0.2) is 11.5 Å². The molecule has 0 saturated carbocycles. The number of esters is 1. The van der Waals surface area contributed by atoms with Crippen LogP contribution in [0, 0.1) is 0 Å². The van der Waals surface area contributed by atoms with Crippen LogP contribution in [0.2, 0.25) is 5.02 Å². The second-order valence-corrected chi connectivity index (χ2v) is 6.90. The molecule has 0 saturated heterocycles. The molecule has 144 valence electrons. The van der Waals surface area contributed by atoms with Crippen LogP contribution in [-0.4, -0.2) is 23.8 Å². The van der Waals surface area contributed by atoms with Crippen molar-refractivity contribution in [2.45, 2.75) is 13.8 Å². The van der Waals surface area contributed by atoms with Crippen LogP contribution in [0.15, 0.2) is 52.9 Å². The molecule has 3 aromatic rings. The van der Waals surface area contributed by atoms with E-state index in [1.54, 1.807) is 18.3 Å². The zero-order chi connectivity index (χ0) is 19.9. The van der Waals surface area contributed by atoms with Gasteiger partial charge in [-0.1, -0.05) is 41.9 Å². The molecule has 0 amide bonds. The summed E-state index contributed by atoms with van der Waals surface area (Å²) in [5.74, 6) is 0.116. The molecule has 1 heterocycles. The van der Waals surface area contributed by atoms with Gasteiger partial charge in [-0.3, -0.25) is 10.2 Å². The summed E-state index contributed by atoms with van der Waals surface area (Å²) in [7, 11) is 0. The summed E-state index contributed by atoms with van der Waals surface area (Å²) in [4.78, 5) is 15.8.